The maximum atomic E-state index is 10.3. The Hall–Kier alpha value is -0.560. The summed E-state index contributed by atoms with van der Waals surface area (Å²) in [7, 11) is 0. The van der Waals surface area contributed by atoms with Gasteiger partial charge in [0.25, 0.3) is 0 Å². The number of fused-ring (bicyclic) bond motifs is 1. The second-order valence-corrected chi connectivity index (χ2v) is 8.70. The fraction of sp³-hybridized carbons (Fsp3) is 0.800. The molecule has 2 aliphatic carbocycles. The van der Waals surface area contributed by atoms with Crippen LogP contribution in [0.15, 0.2) is 24.3 Å². The summed E-state index contributed by atoms with van der Waals surface area (Å²) in [6.07, 6.45) is 11.3. The summed E-state index contributed by atoms with van der Waals surface area (Å²) >= 11 is 0. The number of rotatable bonds is 4. The zero-order valence-corrected chi connectivity index (χ0v) is 14.7. The summed E-state index contributed by atoms with van der Waals surface area (Å²) in [4.78, 5) is 0. The first-order chi connectivity index (χ1) is 9.62. The Kier molecular flexibility index (Phi) is 4.46. The smallest absolute Gasteiger partial charge is 0.0797 e. The minimum absolute atomic E-state index is 0.244. The molecule has 1 fully saturated rings. The van der Waals surface area contributed by atoms with Crippen LogP contribution >= 0.6 is 0 Å². The van der Waals surface area contributed by atoms with E-state index >= 15 is 0 Å². The first kappa shape index (κ1) is 16.8. The molecule has 4 unspecified atom stereocenters. The summed E-state index contributed by atoms with van der Waals surface area (Å²) in [5.74, 6) is 1.44. The third-order valence-corrected chi connectivity index (χ3v) is 6.70. The molecule has 0 amide bonds. The van der Waals surface area contributed by atoms with Gasteiger partial charge in [-0.15, -0.1) is 6.58 Å². The van der Waals surface area contributed by atoms with Crippen molar-refractivity contribution in [1.82, 2.24) is 0 Å². The van der Waals surface area contributed by atoms with Crippen LogP contribution in [0.5, 0.6) is 0 Å². The van der Waals surface area contributed by atoms with Crippen molar-refractivity contribution in [3.63, 3.8) is 0 Å². The van der Waals surface area contributed by atoms with E-state index in [9.17, 15) is 5.11 Å². The lowest BCUT2D eigenvalue weighted by molar-refractivity contribution is 0.0466. The Morgan fingerprint density at radius 2 is 2.05 bits per heavy atom. The molecule has 0 heterocycles. The largest absolute Gasteiger partial charge is 0.386 e. The average molecular weight is 290 g/mol. The summed E-state index contributed by atoms with van der Waals surface area (Å²) in [6.45, 7) is 15.4. The Morgan fingerprint density at radius 1 is 1.38 bits per heavy atom. The van der Waals surface area contributed by atoms with E-state index in [4.69, 9.17) is 0 Å². The average Bonchev–Trinajstić information content (AvgIpc) is 2.41. The molecule has 0 aromatic rings. The zero-order chi connectivity index (χ0) is 15.9. The topological polar surface area (TPSA) is 20.2 Å². The number of aliphatic hydroxyl groups is 1. The molecule has 0 aliphatic heterocycles. The van der Waals surface area contributed by atoms with Gasteiger partial charge >= 0.3 is 0 Å². The number of hydrogen-bond acceptors (Lipinski definition) is 1. The Bertz CT molecular complexity index is 429. The molecule has 2 aliphatic rings. The lowest BCUT2D eigenvalue weighted by Crippen LogP contribution is -2.43. The minimum Gasteiger partial charge on any atom is -0.386 e. The summed E-state index contributed by atoms with van der Waals surface area (Å²) < 4.78 is 0. The molecule has 4 atom stereocenters. The van der Waals surface area contributed by atoms with Crippen LogP contribution < -0.4 is 0 Å². The highest BCUT2D eigenvalue weighted by Crippen LogP contribution is 2.58. The van der Waals surface area contributed by atoms with Crippen LogP contribution in [0.4, 0.5) is 0 Å². The van der Waals surface area contributed by atoms with E-state index in [0.29, 0.717) is 11.3 Å². The third-order valence-electron chi connectivity index (χ3n) is 6.70. The molecular weight excluding hydrogens is 256 g/mol. The molecule has 2 rings (SSSR count). The Balaban J connectivity index is 2.26. The Labute approximate surface area is 131 Å². The molecule has 0 aromatic heterocycles. The van der Waals surface area contributed by atoms with E-state index in [-0.39, 0.29) is 5.41 Å². The molecule has 0 bridgehead atoms. The van der Waals surface area contributed by atoms with Crippen molar-refractivity contribution in [2.75, 3.05) is 0 Å². The fourth-order valence-electron chi connectivity index (χ4n) is 4.54. The lowest BCUT2D eigenvalue weighted by Gasteiger charge is -2.53. The van der Waals surface area contributed by atoms with Gasteiger partial charge in [-0.1, -0.05) is 45.4 Å². The van der Waals surface area contributed by atoms with E-state index in [1.54, 1.807) is 11.6 Å². The summed E-state index contributed by atoms with van der Waals surface area (Å²) in [5.41, 5.74) is 1.64. The maximum Gasteiger partial charge on any atom is 0.0797 e. The minimum atomic E-state index is -0.736. The van der Waals surface area contributed by atoms with E-state index in [0.717, 1.165) is 18.8 Å². The number of allylic oxidation sites excluding steroid dienone is 2. The van der Waals surface area contributed by atoms with Crippen LogP contribution in [0.25, 0.3) is 0 Å². The van der Waals surface area contributed by atoms with Crippen molar-refractivity contribution in [1.29, 1.82) is 0 Å². The lowest BCUT2D eigenvalue weighted by atomic mass is 9.52. The van der Waals surface area contributed by atoms with Crippen molar-refractivity contribution < 1.29 is 5.11 Å². The van der Waals surface area contributed by atoms with Crippen molar-refractivity contribution in [3.8, 4) is 0 Å². The molecule has 1 nitrogen and oxygen atoms in total. The molecule has 0 saturated heterocycles. The highest BCUT2D eigenvalue weighted by Gasteiger charge is 2.48. The molecule has 1 heteroatoms. The molecule has 0 aromatic carbocycles. The summed E-state index contributed by atoms with van der Waals surface area (Å²) in [6, 6.07) is 0. The molecule has 120 valence electrons. The van der Waals surface area contributed by atoms with E-state index in [1.165, 1.54) is 25.7 Å². The second-order valence-electron chi connectivity index (χ2n) is 8.70. The zero-order valence-electron chi connectivity index (χ0n) is 14.7. The van der Waals surface area contributed by atoms with Crippen molar-refractivity contribution in [2.45, 2.75) is 78.7 Å². The third kappa shape index (κ3) is 3.13. The van der Waals surface area contributed by atoms with Gasteiger partial charge in [0.15, 0.2) is 0 Å². The predicted octanol–water partition coefficient (Wildman–Crippen LogP) is 5.50. The maximum absolute atomic E-state index is 10.3. The van der Waals surface area contributed by atoms with Gasteiger partial charge in [0, 0.05) is 0 Å². The van der Waals surface area contributed by atoms with Gasteiger partial charge in [-0.2, -0.15) is 0 Å². The SMILES string of the molecule is C=CC(C)(O)CCC1(C)C2=CCCC(C)(C)C2CCC1C. The van der Waals surface area contributed by atoms with Gasteiger partial charge in [0.2, 0.25) is 0 Å². The van der Waals surface area contributed by atoms with Gasteiger partial charge < -0.3 is 5.11 Å². The fourth-order valence-corrected chi connectivity index (χ4v) is 4.54. The first-order valence-corrected chi connectivity index (χ1v) is 8.69. The van der Waals surface area contributed by atoms with Crippen molar-refractivity contribution in [2.24, 2.45) is 22.7 Å². The van der Waals surface area contributed by atoms with Gasteiger partial charge in [0.1, 0.15) is 0 Å². The Morgan fingerprint density at radius 3 is 2.67 bits per heavy atom. The monoisotopic (exact) mass is 290 g/mol. The van der Waals surface area contributed by atoms with Crippen LogP contribution in [-0.4, -0.2) is 10.7 Å². The first-order valence-electron chi connectivity index (χ1n) is 8.69. The van der Waals surface area contributed by atoms with E-state index in [2.05, 4.69) is 40.3 Å². The van der Waals surface area contributed by atoms with E-state index in [1.807, 2.05) is 6.92 Å². The van der Waals surface area contributed by atoms with Crippen LogP contribution in [-0.2, 0) is 0 Å². The standard InChI is InChI=1S/C20H34O/c1-7-19(5,21)13-14-20(6)15(2)10-11-16-17(20)9-8-12-18(16,3)4/h7,9,15-16,21H,1,8,10-14H2,2-6H3. The van der Waals surface area contributed by atoms with Crippen LogP contribution in [0.3, 0.4) is 0 Å². The van der Waals surface area contributed by atoms with Gasteiger partial charge in [-0.05, 0) is 68.1 Å². The number of hydrogen-bond donors (Lipinski definition) is 1. The molecule has 0 spiro atoms. The molecule has 1 N–H and O–H groups in total. The molecule has 21 heavy (non-hydrogen) atoms. The summed E-state index contributed by atoms with van der Waals surface area (Å²) in [5, 5.41) is 10.3. The van der Waals surface area contributed by atoms with Crippen LogP contribution in [0.1, 0.15) is 73.1 Å². The van der Waals surface area contributed by atoms with Gasteiger partial charge in [0.05, 0.1) is 5.60 Å². The highest BCUT2D eigenvalue weighted by atomic mass is 16.3. The molecule has 1 saturated carbocycles. The van der Waals surface area contributed by atoms with Crippen LogP contribution in [0.2, 0.25) is 0 Å². The van der Waals surface area contributed by atoms with E-state index < -0.39 is 5.60 Å². The van der Waals surface area contributed by atoms with Crippen molar-refractivity contribution in [3.05, 3.63) is 24.3 Å². The van der Waals surface area contributed by atoms with Gasteiger partial charge in [-0.3, -0.25) is 0 Å². The highest BCUT2D eigenvalue weighted by molar-refractivity contribution is 5.26. The molecular formula is C20H34O. The predicted molar refractivity (Wildman–Crippen MR) is 91.1 cm³/mol. The molecule has 0 radical (unpaired) electrons. The van der Waals surface area contributed by atoms with Gasteiger partial charge in [-0.25, -0.2) is 0 Å². The normalized spacial score (nSPS) is 38.1. The quantitative estimate of drug-likeness (QED) is 0.678. The van der Waals surface area contributed by atoms with Crippen molar-refractivity contribution >= 4 is 0 Å². The second kappa shape index (κ2) is 5.57. The van der Waals surface area contributed by atoms with Crippen LogP contribution in [0, 0.1) is 22.7 Å².